The summed E-state index contributed by atoms with van der Waals surface area (Å²) >= 11 is 0. The first-order chi connectivity index (χ1) is 12.1. The lowest BCUT2D eigenvalue weighted by Gasteiger charge is -2.47. The van der Waals surface area contributed by atoms with Crippen molar-refractivity contribution in [3.8, 4) is 11.5 Å². The van der Waals surface area contributed by atoms with E-state index in [1.165, 1.54) is 18.2 Å². The first-order valence-electron chi connectivity index (χ1n) is 8.58. The highest BCUT2D eigenvalue weighted by Gasteiger charge is 2.47. The molecule has 0 bridgehead atoms. The number of halogens is 3. The van der Waals surface area contributed by atoms with Crippen molar-refractivity contribution in [3.05, 3.63) is 23.8 Å². The molecule has 2 atom stereocenters. The fourth-order valence-electron chi connectivity index (χ4n) is 3.46. The zero-order valence-electron chi connectivity index (χ0n) is 14.7. The van der Waals surface area contributed by atoms with Crippen LogP contribution in [0.4, 0.5) is 13.2 Å². The van der Waals surface area contributed by atoms with Crippen molar-refractivity contribution in [2.24, 2.45) is 0 Å². The number of aliphatic hydroxyl groups is 1. The van der Waals surface area contributed by atoms with Crippen molar-refractivity contribution in [2.75, 3.05) is 13.2 Å². The van der Waals surface area contributed by atoms with Gasteiger partial charge in [-0.3, -0.25) is 4.79 Å². The van der Waals surface area contributed by atoms with Gasteiger partial charge < -0.3 is 19.5 Å². The fraction of sp³-hybridized carbons (Fsp3) is 0.611. The van der Waals surface area contributed by atoms with Gasteiger partial charge in [-0.15, -0.1) is 0 Å². The van der Waals surface area contributed by atoms with E-state index in [1.54, 1.807) is 18.7 Å². The molecule has 1 N–H and O–H groups in total. The standard InChI is InChI=1S/C18H22F3NO4/c1-17(2)16(24)15(22-8-4-3-5-14(22)23)12-9-11(6-7-13(12)26-17)25-10-18(19,20)21/h6-7,9,15-16,24H,3-5,8,10H2,1-2H3/t15-,16+/m1/s1. The Morgan fingerprint density at radius 2 is 2.08 bits per heavy atom. The largest absolute Gasteiger partial charge is 0.485 e. The average Bonchev–Trinajstić information content (AvgIpc) is 2.55. The molecule has 2 heterocycles. The van der Waals surface area contributed by atoms with E-state index in [2.05, 4.69) is 0 Å². The highest BCUT2D eigenvalue weighted by atomic mass is 19.4. The predicted molar refractivity (Wildman–Crippen MR) is 87.0 cm³/mol. The van der Waals surface area contributed by atoms with Crippen LogP contribution in [0.1, 0.15) is 44.7 Å². The van der Waals surface area contributed by atoms with Crippen molar-refractivity contribution in [2.45, 2.75) is 57.0 Å². The molecule has 26 heavy (non-hydrogen) atoms. The second kappa shape index (κ2) is 6.64. The molecule has 2 aliphatic rings. The minimum absolute atomic E-state index is 0.0195. The summed E-state index contributed by atoms with van der Waals surface area (Å²) < 4.78 is 47.9. The van der Waals surface area contributed by atoms with E-state index in [-0.39, 0.29) is 11.7 Å². The van der Waals surface area contributed by atoms with Crippen molar-refractivity contribution >= 4 is 5.91 Å². The van der Waals surface area contributed by atoms with Gasteiger partial charge in [-0.1, -0.05) is 0 Å². The van der Waals surface area contributed by atoms with Crippen LogP contribution in [0.25, 0.3) is 0 Å². The number of rotatable bonds is 3. The summed E-state index contributed by atoms with van der Waals surface area (Å²) in [5.41, 5.74) is -0.476. The Bertz CT molecular complexity index is 690. The zero-order valence-corrected chi connectivity index (χ0v) is 14.7. The molecule has 1 amide bonds. The van der Waals surface area contributed by atoms with E-state index >= 15 is 0 Å². The molecule has 144 valence electrons. The maximum Gasteiger partial charge on any atom is 0.422 e. The number of nitrogens with zero attached hydrogens (tertiary/aromatic N) is 1. The van der Waals surface area contributed by atoms with Crippen LogP contribution in [-0.2, 0) is 4.79 Å². The third kappa shape index (κ3) is 3.75. The summed E-state index contributed by atoms with van der Waals surface area (Å²) in [7, 11) is 0. The maximum atomic E-state index is 12.4. The number of ether oxygens (including phenoxy) is 2. The maximum absolute atomic E-state index is 12.4. The van der Waals surface area contributed by atoms with Crippen LogP contribution in [0, 0.1) is 0 Å². The molecule has 0 unspecified atom stereocenters. The van der Waals surface area contributed by atoms with Gasteiger partial charge in [-0.25, -0.2) is 0 Å². The molecule has 0 aromatic heterocycles. The van der Waals surface area contributed by atoms with Crippen LogP contribution in [0.3, 0.4) is 0 Å². The van der Waals surface area contributed by atoms with E-state index in [0.29, 0.717) is 24.3 Å². The monoisotopic (exact) mass is 373 g/mol. The Labute approximate surface area is 149 Å². The van der Waals surface area contributed by atoms with Crippen LogP contribution in [0.2, 0.25) is 0 Å². The molecule has 1 aromatic rings. The lowest BCUT2D eigenvalue weighted by atomic mass is 9.84. The van der Waals surface area contributed by atoms with Crippen molar-refractivity contribution in [3.63, 3.8) is 0 Å². The summed E-state index contributed by atoms with van der Waals surface area (Å²) in [6, 6.07) is 3.66. The minimum Gasteiger partial charge on any atom is -0.485 e. The van der Waals surface area contributed by atoms with E-state index < -0.39 is 30.5 Å². The molecule has 1 saturated heterocycles. The third-order valence-corrected chi connectivity index (χ3v) is 4.78. The Morgan fingerprint density at radius 3 is 2.73 bits per heavy atom. The number of carbonyl (C=O) groups excluding carboxylic acids is 1. The van der Waals surface area contributed by atoms with Crippen LogP contribution in [0.5, 0.6) is 11.5 Å². The van der Waals surface area contributed by atoms with Crippen molar-refractivity contribution in [1.29, 1.82) is 0 Å². The second-order valence-electron chi connectivity index (χ2n) is 7.24. The molecular weight excluding hydrogens is 351 g/mol. The van der Waals surface area contributed by atoms with E-state index in [4.69, 9.17) is 9.47 Å². The molecule has 0 saturated carbocycles. The Balaban J connectivity index is 1.97. The normalized spacial score (nSPS) is 25.5. The minimum atomic E-state index is -4.45. The highest BCUT2D eigenvalue weighted by Crippen LogP contribution is 2.45. The molecule has 0 aliphatic carbocycles. The van der Waals surface area contributed by atoms with Gasteiger partial charge in [0.15, 0.2) is 6.61 Å². The van der Waals surface area contributed by atoms with Gasteiger partial charge >= 0.3 is 6.18 Å². The summed E-state index contributed by atoms with van der Waals surface area (Å²) in [5, 5.41) is 10.8. The SMILES string of the molecule is CC1(C)Oc2ccc(OCC(F)(F)F)cc2[C@@H](N2CCCCC2=O)[C@@H]1O. The van der Waals surface area contributed by atoms with Gasteiger partial charge in [-0.05, 0) is 44.9 Å². The lowest BCUT2D eigenvalue weighted by molar-refractivity contribution is -0.153. The second-order valence-corrected chi connectivity index (χ2v) is 7.24. The van der Waals surface area contributed by atoms with Crippen LogP contribution >= 0.6 is 0 Å². The van der Waals surface area contributed by atoms with Crippen LogP contribution in [0.15, 0.2) is 18.2 Å². The van der Waals surface area contributed by atoms with Gasteiger partial charge in [0.1, 0.15) is 23.2 Å². The third-order valence-electron chi connectivity index (χ3n) is 4.78. The predicted octanol–water partition coefficient (Wildman–Crippen LogP) is 3.21. The van der Waals surface area contributed by atoms with Crippen molar-refractivity contribution < 1.29 is 32.5 Å². The zero-order chi connectivity index (χ0) is 19.1. The molecule has 8 heteroatoms. The lowest BCUT2D eigenvalue weighted by Crippen LogP contribution is -2.55. The van der Waals surface area contributed by atoms with Gasteiger partial charge in [0, 0.05) is 18.5 Å². The molecule has 3 rings (SSSR count). The van der Waals surface area contributed by atoms with Crippen LogP contribution in [-0.4, -0.2) is 46.9 Å². The number of fused-ring (bicyclic) bond motifs is 1. The smallest absolute Gasteiger partial charge is 0.422 e. The number of likely N-dealkylation sites (tertiary alicyclic amines) is 1. The number of aliphatic hydroxyl groups excluding tert-OH is 1. The fourth-order valence-corrected chi connectivity index (χ4v) is 3.46. The van der Waals surface area contributed by atoms with E-state index in [0.717, 1.165) is 12.8 Å². The molecular formula is C18H22F3NO4. The molecule has 1 aromatic carbocycles. The number of hydrogen-bond donors (Lipinski definition) is 1. The summed E-state index contributed by atoms with van der Waals surface area (Å²) in [6.45, 7) is 2.52. The number of carbonyl (C=O) groups is 1. The summed E-state index contributed by atoms with van der Waals surface area (Å²) in [5.74, 6) is 0.375. The quantitative estimate of drug-likeness (QED) is 0.884. The first-order valence-corrected chi connectivity index (χ1v) is 8.58. The topological polar surface area (TPSA) is 59.0 Å². The number of benzene rings is 1. The number of hydrogen-bond acceptors (Lipinski definition) is 4. The van der Waals surface area contributed by atoms with E-state index in [1.807, 2.05) is 0 Å². The first kappa shape index (κ1) is 18.8. The number of amides is 1. The summed E-state index contributed by atoms with van der Waals surface area (Å²) in [4.78, 5) is 14.0. The number of alkyl halides is 3. The molecule has 0 radical (unpaired) electrons. The van der Waals surface area contributed by atoms with Gasteiger partial charge in [0.2, 0.25) is 5.91 Å². The average molecular weight is 373 g/mol. The molecule has 0 spiro atoms. The Hall–Kier alpha value is -1.96. The molecule has 2 aliphatic heterocycles. The van der Waals surface area contributed by atoms with Gasteiger partial charge in [0.05, 0.1) is 6.04 Å². The number of piperidine rings is 1. The molecule has 5 nitrogen and oxygen atoms in total. The summed E-state index contributed by atoms with van der Waals surface area (Å²) in [6.07, 6.45) is -3.47. The Kier molecular flexibility index (Phi) is 4.81. The van der Waals surface area contributed by atoms with Gasteiger partial charge in [-0.2, -0.15) is 13.2 Å². The molecule has 1 fully saturated rings. The van der Waals surface area contributed by atoms with Crippen molar-refractivity contribution in [1.82, 2.24) is 4.90 Å². The van der Waals surface area contributed by atoms with Crippen LogP contribution < -0.4 is 9.47 Å². The van der Waals surface area contributed by atoms with Gasteiger partial charge in [0.25, 0.3) is 0 Å². The highest BCUT2D eigenvalue weighted by molar-refractivity contribution is 5.77. The van der Waals surface area contributed by atoms with E-state index in [9.17, 15) is 23.1 Å². The Morgan fingerprint density at radius 1 is 1.35 bits per heavy atom.